The van der Waals surface area contributed by atoms with Gasteiger partial charge in [-0.2, -0.15) is 0 Å². The van der Waals surface area contributed by atoms with Gasteiger partial charge in [-0.15, -0.1) is 0 Å². The molecule has 3 aliphatic rings. The van der Waals surface area contributed by atoms with E-state index in [0.717, 1.165) is 66.1 Å². The van der Waals surface area contributed by atoms with Crippen molar-refractivity contribution >= 4 is 5.78 Å². The molecule has 2 saturated heterocycles. The average Bonchev–Trinajstić information content (AvgIpc) is 3.15. The van der Waals surface area contributed by atoms with Gasteiger partial charge >= 0.3 is 0 Å². The van der Waals surface area contributed by atoms with Gasteiger partial charge in [0.2, 0.25) is 0 Å². The second kappa shape index (κ2) is 7.15. The van der Waals surface area contributed by atoms with E-state index in [0.29, 0.717) is 24.0 Å². The van der Waals surface area contributed by atoms with Gasteiger partial charge < -0.3 is 14.2 Å². The van der Waals surface area contributed by atoms with Crippen LogP contribution in [0.2, 0.25) is 0 Å². The number of morpholine rings is 1. The van der Waals surface area contributed by atoms with Gasteiger partial charge in [0.25, 0.3) is 6.23 Å². The smallest absolute Gasteiger partial charge is 0.286 e. The van der Waals surface area contributed by atoms with E-state index in [9.17, 15) is 4.79 Å². The maximum absolute atomic E-state index is 12.9. The molecule has 2 unspecified atom stereocenters. The van der Waals surface area contributed by atoms with E-state index in [1.165, 1.54) is 0 Å². The molecule has 2 fully saturated rings. The van der Waals surface area contributed by atoms with Crippen LogP contribution in [0.5, 0.6) is 11.5 Å². The number of unbranched alkanes of at least 4 members (excludes halogenated alkanes) is 1. The van der Waals surface area contributed by atoms with Gasteiger partial charge in [-0.25, -0.2) is 0 Å². The number of hydrogen-bond acceptors (Lipinski definition) is 4. The van der Waals surface area contributed by atoms with Crippen LogP contribution in [0, 0.1) is 0 Å². The van der Waals surface area contributed by atoms with Crippen molar-refractivity contribution < 1.29 is 23.5 Å². The van der Waals surface area contributed by atoms with Gasteiger partial charge in [0.1, 0.15) is 13.1 Å². The summed E-state index contributed by atoms with van der Waals surface area (Å²) in [5.41, 5.74) is 3.40. The highest BCUT2D eigenvalue weighted by atomic mass is 16.6. The third kappa shape index (κ3) is 2.95. The van der Waals surface area contributed by atoms with Crippen LogP contribution in [0.15, 0.2) is 36.4 Å². The Morgan fingerprint density at radius 1 is 1.03 bits per heavy atom. The summed E-state index contributed by atoms with van der Waals surface area (Å²) in [5.74, 6) is 1.51. The molecule has 0 N–H and O–H groups in total. The molecule has 2 aliphatic heterocycles. The minimum atomic E-state index is 0.0685. The summed E-state index contributed by atoms with van der Waals surface area (Å²) < 4.78 is 19.1. The number of carbonyl (C=O) groups excluding carboxylic acids is 1. The molecule has 5 heteroatoms. The maximum atomic E-state index is 12.9. The van der Waals surface area contributed by atoms with Gasteiger partial charge in [-0.05, 0) is 36.6 Å². The van der Waals surface area contributed by atoms with Crippen LogP contribution in [0.1, 0.15) is 42.6 Å². The molecule has 5 rings (SSSR count). The van der Waals surface area contributed by atoms with Gasteiger partial charge in [0.05, 0.1) is 19.8 Å². The highest BCUT2D eigenvalue weighted by Crippen LogP contribution is 2.47. The van der Waals surface area contributed by atoms with Crippen LogP contribution < -0.4 is 9.47 Å². The Hall–Kier alpha value is -2.37. The van der Waals surface area contributed by atoms with Crippen LogP contribution in [0.3, 0.4) is 0 Å². The van der Waals surface area contributed by atoms with E-state index in [-0.39, 0.29) is 12.0 Å². The van der Waals surface area contributed by atoms with E-state index < -0.39 is 0 Å². The Morgan fingerprint density at radius 2 is 1.76 bits per heavy atom. The minimum Gasteiger partial charge on any atom is -0.490 e. The number of ether oxygens (including phenoxy) is 3. The fourth-order valence-corrected chi connectivity index (χ4v) is 4.81. The molecule has 152 valence electrons. The van der Waals surface area contributed by atoms with Gasteiger partial charge in [0.15, 0.2) is 23.3 Å². The van der Waals surface area contributed by atoms with Crippen molar-refractivity contribution in [3.8, 4) is 22.6 Å². The van der Waals surface area contributed by atoms with Gasteiger partial charge in [-0.3, -0.25) is 9.28 Å². The van der Waals surface area contributed by atoms with E-state index >= 15 is 0 Å². The summed E-state index contributed by atoms with van der Waals surface area (Å²) in [6.07, 6.45) is 2.16. The second-order valence-electron chi connectivity index (χ2n) is 8.33. The fraction of sp³-hybridized carbons (Fsp3) is 0.458. The highest BCUT2D eigenvalue weighted by molar-refractivity contribution is 6.22. The molecule has 0 aromatic heterocycles. The topological polar surface area (TPSA) is 44.8 Å². The molecule has 0 amide bonds. The Labute approximate surface area is 171 Å². The lowest BCUT2D eigenvalue weighted by Crippen LogP contribution is -2.42. The number of benzene rings is 2. The summed E-state index contributed by atoms with van der Waals surface area (Å²) in [6, 6.07) is 12.1. The van der Waals surface area contributed by atoms with Crippen molar-refractivity contribution in [1.82, 2.24) is 0 Å². The molecule has 5 nitrogen and oxygen atoms in total. The van der Waals surface area contributed by atoms with Crippen molar-refractivity contribution in [1.29, 1.82) is 0 Å². The molecule has 0 radical (unpaired) electrons. The first-order chi connectivity index (χ1) is 14.2. The largest absolute Gasteiger partial charge is 0.490 e. The number of fused-ring (bicyclic) bond motifs is 3. The first-order valence-electron chi connectivity index (χ1n) is 10.7. The van der Waals surface area contributed by atoms with Crippen molar-refractivity contribution in [3.05, 3.63) is 47.5 Å². The third-order valence-corrected chi connectivity index (χ3v) is 6.74. The van der Waals surface area contributed by atoms with Crippen LogP contribution >= 0.6 is 0 Å². The zero-order valence-electron chi connectivity index (χ0n) is 17.1. The average molecular weight is 394 g/mol. The Kier molecular flexibility index (Phi) is 4.60. The van der Waals surface area contributed by atoms with Crippen LogP contribution in [-0.2, 0) is 4.74 Å². The predicted octanol–water partition coefficient (Wildman–Crippen LogP) is 4.03. The zero-order valence-corrected chi connectivity index (χ0v) is 17.1. The first kappa shape index (κ1) is 18.6. The molecule has 2 atom stereocenters. The van der Waals surface area contributed by atoms with Crippen molar-refractivity contribution in [3.63, 3.8) is 0 Å². The van der Waals surface area contributed by atoms with E-state index in [4.69, 9.17) is 14.2 Å². The Balaban J connectivity index is 1.50. The summed E-state index contributed by atoms with van der Waals surface area (Å²) in [5, 5.41) is 0. The lowest BCUT2D eigenvalue weighted by Gasteiger charge is -2.25. The normalized spacial score (nSPS) is 23.6. The molecule has 2 aromatic rings. The number of hydrogen-bond donors (Lipinski definition) is 0. The lowest BCUT2D eigenvalue weighted by molar-refractivity contribution is -0.845. The molecular weight excluding hydrogens is 366 g/mol. The number of rotatable bonds is 6. The van der Waals surface area contributed by atoms with Gasteiger partial charge in [0, 0.05) is 11.1 Å². The number of ketones is 1. The second-order valence-corrected chi connectivity index (χ2v) is 8.33. The molecule has 0 bridgehead atoms. The zero-order chi connectivity index (χ0) is 20.0. The molecule has 1 spiro atoms. The SMILES string of the molecule is CCCCOc1cc2c(cc1OC1C(C)[N+]13CCOCC3)-c1ccccc1C2=O. The first-order valence-corrected chi connectivity index (χ1v) is 10.7. The Bertz CT molecular complexity index is 948. The van der Waals surface area contributed by atoms with Crippen molar-refractivity contribution in [2.24, 2.45) is 0 Å². The molecule has 29 heavy (non-hydrogen) atoms. The maximum Gasteiger partial charge on any atom is 0.286 e. The van der Waals surface area contributed by atoms with E-state index in [1.807, 2.05) is 36.4 Å². The molecule has 1 aliphatic carbocycles. The predicted molar refractivity (Wildman–Crippen MR) is 110 cm³/mol. The highest BCUT2D eigenvalue weighted by Gasteiger charge is 2.66. The van der Waals surface area contributed by atoms with Crippen LogP contribution in [0.25, 0.3) is 11.1 Å². The van der Waals surface area contributed by atoms with Crippen LogP contribution in [-0.4, -0.2) is 55.4 Å². The Morgan fingerprint density at radius 3 is 2.52 bits per heavy atom. The van der Waals surface area contributed by atoms with Crippen LogP contribution in [0.4, 0.5) is 0 Å². The quantitative estimate of drug-likeness (QED) is 0.360. The van der Waals surface area contributed by atoms with Crippen molar-refractivity contribution in [2.75, 3.05) is 32.9 Å². The summed E-state index contributed by atoms with van der Waals surface area (Å²) in [6.45, 7) is 8.57. The molecule has 0 saturated carbocycles. The standard InChI is InChI=1S/C24H28NO4/c1-3-4-11-28-21-15-20-19(17-7-5-6-8-18(17)23(20)26)14-22(21)29-24-16(2)25(24)9-12-27-13-10-25/h5-8,14-16,24H,3-4,9-13H2,1-2H3/q+1. The van der Waals surface area contributed by atoms with E-state index in [2.05, 4.69) is 13.8 Å². The summed E-state index contributed by atoms with van der Waals surface area (Å²) in [4.78, 5) is 12.9. The number of nitrogens with zero attached hydrogens (tertiary/aromatic N) is 1. The third-order valence-electron chi connectivity index (χ3n) is 6.74. The number of carbonyl (C=O) groups is 1. The summed E-state index contributed by atoms with van der Waals surface area (Å²) >= 11 is 0. The molecular formula is C24H28NO4+. The van der Waals surface area contributed by atoms with Gasteiger partial charge in [-0.1, -0.05) is 37.6 Å². The lowest BCUT2D eigenvalue weighted by atomic mass is 10.1. The van der Waals surface area contributed by atoms with Crippen molar-refractivity contribution in [2.45, 2.75) is 39.0 Å². The number of quaternary nitrogens is 1. The minimum absolute atomic E-state index is 0.0685. The monoisotopic (exact) mass is 394 g/mol. The molecule has 2 aromatic carbocycles. The molecule has 2 heterocycles. The van der Waals surface area contributed by atoms with E-state index in [1.54, 1.807) is 0 Å². The summed E-state index contributed by atoms with van der Waals surface area (Å²) in [7, 11) is 0. The fourth-order valence-electron chi connectivity index (χ4n) is 4.81.